The number of amides is 1. The highest BCUT2D eigenvalue weighted by Gasteiger charge is 2.48. The second-order valence-corrected chi connectivity index (χ2v) is 10.5. The molecule has 0 radical (unpaired) electrons. The summed E-state index contributed by atoms with van der Waals surface area (Å²) in [7, 11) is 0. The Labute approximate surface area is 220 Å². The van der Waals surface area contributed by atoms with E-state index in [9.17, 15) is 9.18 Å². The second kappa shape index (κ2) is 8.42. The molecule has 0 saturated heterocycles. The zero-order valence-electron chi connectivity index (χ0n) is 20.3. The van der Waals surface area contributed by atoms with E-state index < -0.39 is 17.3 Å². The van der Waals surface area contributed by atoms with Gasteiger partial charge >= 0.3 is 0 Å². The summed E-state index contributed by atoms with van der Waals surface area (Å²) >= 11 is 6.40. The lowest BCUT2D eigenvalue weighted by molar-refractivity contribution is -0.117. The maximum absolute atomic E-state index is 14.2. The number of hydrogen-bond acceptors (Lipinski definition) is 7. The first-order valence-corrected chi connectivity index (χ1v) is 12.7. The summed E-state index contributed by atoms with van der Waals surface area (Å²) in [6, 6.07) is 2.89. The minimum atomic E-state index is -0.649. The Hall–Kier alpha value is -4.19. The largest absolute Gasteiger partial charge is 0.324 e. The topological polar surface area (TPSA) is 121 Å². The van der Waals surface area contributed by atoms with Crippen LogP contribution in [0.15, 0.2) is 49.3 Å². The Morgan fingerprint density at radius 2 is 1.97 bits per heavy atom. The molecule has 11 nitrogen and oxygen atoms in total. The molecule has 0 spiro atoms. The summed E-state index contributed by atoms with van der Waals surface area (Å²) in [4.78, 5) is 23.7. The number of carbonyl (C=O) groups is 1. The van der Waals surface area contributed by atoms with Gasteiger partial charge in [-0.2, -0.15) is 19.7 Å². The predicted molar refractivity (Wildman–Crippen MR) is 135 cm³/mol. The van der Waals surface area contributed by atoms with Crippen LogP contribution in [0.2, 0.25) is 5.02 Å². The number of aromatic nitrogens is 9. The van der Waals surface area contributed by atoms with Crippen LogP contribution in [-0.2, 0) is 16.8 Å². The molecule has 7 rings (SSSR count). The molecular formula is C25H22ClFN10O. The van der Waals surface area contributed by atoms with Gasteiger partial charge in [-0.15, -0.1) is 9.90 Å². The fraction of sp³-hybridized carbons (Fsp3) is 0.320. The third kappa shape index (κ3) is 3.74. The smallest absolute Gasteiger partial charge is 0.235 e. The van der Waals surface area contributed by atoms with E-state index in [-0.39, 0.29) is 10.9 Å². The fourth-order valence-corrected chi connectivity index (χ4v) is 5.59. The molecule has 5 aromatic heterocycles. The van der Waals surface area contributed by atoms with Gasteiger partial charge in [0.2, 0.25) is 11.9 Å². The van der Waals surface area contributed by atoms with Gasteiger partial charge in [0.05, 0.1) is 47.1 Å². The molecule has 1 N–H and O–H groups in total. The van der Waals surface area contributed by atoms with Crippen molar-refractivity contribution in [3.8, 4) is 5.82 Å². The van der Waals surface area contributed by atoms with E-state index in [0.717, 1.165) is 17.8 Å². The normalized spacial score (nSPS) is 20.7. The van der Waals surface area contributed by atoms with Crippen LogP contribution in [0.25, 0.3) is 11.5 Å². The summed E-state index contributed by atoms with van der Waals surface area (Å²) in [6.07, 6.45) is 12.9. The van der Waals surface area contributed by atoms with E-state index in [0.29, 0.717) is 35.1 Å². The molecule has 192 valence electrons. The van der Waals surface area contributed by atoms with Crippen LogP contribution < -0.4 is 5.32 Å². The second-order valence-electron chi connectivity index (χ2n) is 10.1. The molecular weight excluding hydrogens is 511 g/mol. The van der Waals surface area contributed by atoms with Crippen molar-refractivity contribution in [3.05, 3.63) is 77.1 Å². The van der Waals surface area contributed by atoms with Gasteiger partial charge in [0.1, 0.15) is 0 Å². The highest BCUT2D eigenvalue weighted by atomic mass is 35.5. The first-order chi connectivity index (χ1) is 18.4. The molecule has 5 heterocycles. The number of fused-ring (bicyclic) bond motifs is 3. The standard InChI is InChI=1S/C25H22ClFN10O/c1-25(15-9-32-35(13-15)12-14-2-3-14)8-17(18-11-28-21-7-20(27)34-36(21)22(18)25)24(38)33-16-6-19(26)23(29-10-16)37-30-4-5-31-37/h4-7,9-11,13-14,17H,2-3,8,12H2,1H3,(H,33,38). The van der Waals surface area contributed by atoms with Crippen molar-refractivity contribution in [1.29, 1.82) is 0 Å². The van der Waals surface area contributed by atoms with Crippen LogP contribution in [-0.4, -0.2) is 50.3 Å². The number of halogens is 2. The first-order valence-electron chi connectivity index (χ1n) is 12.3. The Morgan fingerprint density at radius 3 is 2.74 bits per heavy atom. The van der Waals surface area contributed by atoms with Gasteiger partial charge in [-0.1, -0.05) is 11.6 Å². The van der Waals surface area contributed by atoms with Gasteiger partial charge in [0, 0.05) is 41.5 Å². The molecule has 5 aromatic rings. The van der Waals surface area contributed by atoms with E-state index in [2.05, 4.69) is 35.7 Å². The highest BCUT2D eigenvalue weighted by Crippen LogP contribution is 2.50. The monoisotopic (exact) mass is 532 g/mol. The van der Waals surface area contributed by atoms with E-state index in [4.69, 9.17) is 11.6 Å². The van der Waals surface area contributed by atoms with Crippen LogP contribution in [0.5, 0.6) is 0 Å². The highest BCUT2D eigenvalue weighted by molar-refractivity contribution is 6.32. The molecule has 1 amide bonds. The number of anilines is 1. The van der Waals surface area contributed by atoms with E-state index in [1.165, 1.54) is 46.8 Å². The van der Waals surface area contributed by atoms with Crippen molar-refractivity contribution in [1.82, 2.24) is 44.4 Å². The molecule has 0 bridgehead atoms. The molecule has 2 aliphatic carbocycles. The summed E-state index contributed by atoms with van der Waals surface area (Å²) in [6.45, 7) is 2.91. The van der Waals surface area contributed by atoms with Gasteiger partial charge in [0.15, 0.2) is 11.5 Å². The van der Waals surface area contributed by atoms with Crippen LogP contribution in [0.4, 0.5) is 10.1 Å². The number of nitrogens with one attached hydrogen (secondary N) is 1. The quantitative estimate of drug-likeness (QED) is 0.355. The molecule has 38 heavy (non-hydrogen) atoms. The minimum Gasteiger partial charge on any atom is -0.324 e. The van der Waals surface area contributed by atoms with Crippen molar-refractivity contribution >= 4 is 28.8 Å². The number of rotatable bonds is 6. The Morgan fingerprint density at radius 1 is 1.16 bits per heavy atom. The number of nitrogens with zero attached hydrogens (tertiary/aromatic N) is 9. The minimum absolute atomic E-state index is 0.253. The fourth-order valence-electron chi connectivity index (χ4n) is 5.34. The van der Waals surface area contributed by atoms with Gasteiger partial charge < -0.3 is 5.32 Å². The third-order valence-electron chi connectivity index (χ3n) is 7.42. The zero-order valence-corrected chi connectivity index (χ0v) is 21.0. The lowest BCUT2D eigenvalue weighted by Gasteiger charge is -2.24. The number of pyridine rings is 1. The lowest BCUT2D eigenvalue weighted by atomic mass is 9.80. The van der Waals surface area contributed by atoms with E-state index in [1.54, 1.807) is 12.3 Å². The van der Waals surface area contributed by atoms with Gasteiger partial charge in [-0.05, 0) is 38.2 Å². The summed E-state index contributed by atoms with van der Waals surface area (Å²) in [5, 5.41) is 20.0. The summed E-state index contributed by atoms with van der Waals surface area (Å²) in [5.41, 5.74) is 2.53. The molecule has 1 saturated carbocycles. The van der Waals surface area contributed by atoms with Crippen molar-refractivity contribution in [3.63, 3.8) is 0 Å². The molecule has 2 aliphatic rings. The molecule has 13 heteroatoms. The average molecular weight is 533 g/mol. The maximum atomic E-state index is 14.2. The number of carbonyl (C=O) groups excluding carboxylic acids is 1. The van der Waals surface area contributed by atoms with Gasteiger partial charge in [-0.3, -0.25) is 9.48 Å². The van der Waals surface area contributed by atoms with E-state index >= 15 is 0 Å². The molecule has 1 fully saturated rings. The van der Waals surface area contributed by atoms with E-state index in [1.807, 2.05) is 24.0 Å². The predicted octanol–water partition coefficient (Wildman–Crippen LogP) is 3.54. The first kappa shape index (κ1) is 23.0. The zero-order chi connectivity index (χ0) is 26.0. The van der Waals surface area contributed by atoms with Gasteiger partial charge in [0.25, 0.3) is 0 Å². The summed E-state index contributed by atoms with van der Waals surface area (Å²) in [5.74, 6) is -0.437. The van der Waals surface area contributed by atoms with Crippen LogP contribution in [0.1, 0.15) is 48.9 Å². The van der Waals surface area contributed by atoms with Gasteiger partial charge in [-0.25, -0.2) is 14.5 Å². The van der Waals surface area contributed by atoms with Crippen molar-refractivity contribution in [2.45, 2.75) is 44.1 Å². The Balaban J connectivity index is 1.24. The van der Waals surface area contributed by atoms with Crippen molar-refractivity contribution in [2.75, 3.05) is 5.32 Å². The summed E-state index contributed by atoms with van der Waals surface area (Å²) < 4.78 is 17.7. The Bertz CT molecular complexity index is 1690. The van der Waals surface area contributed by atoms with Crippen molar-refractivity contribution < 1.29 is 9.18 Å². The Kier molecular flexibility index (Phi) is 5.09. The van der Waals surface area contributed by atoms with Crippen LogP contribution in [0.3, 0.4) is 0 Å². The molecule has 0 aromatic carbocycles. The molecule has 2 atom stereocenters. The lowest BCUT2D eigenvalue weighted by Crippen LogP contribution is -2.25. The maximum Gasteiger partial charge on any atom is 0.235 e. The molecule has 0 aliphatic heterocycles. The third-order valence-corrected chi connectivity index (χ3v) is 7.70. The van der Waals surface area contributed by atoms with Crippen molar-refractivity contribution in [2.24, 2.45) is 5.92 Å². The van der Waals surface area contributed by atoms with Crippen LogP contribution >= 0.6 is 11.6 Å². The molecule has 2 unspecified atom stereocenters. The van der Waals surface area contributed by atoms with Crippen LogP contribution in [0, 0.1) is 11.9 Å². The number of hydrogen-bond donors (Lipinski definition) is 1. The average Bonchev–Trinajstić information content (AvgIpc) is 3.29. The SMILES string of the molecule is CC1(c2cnn(CC3CC3)c2)CC(C(=O)Nc2cnc(-n3nccn3)c(Cl)c2)c2cnc3cc(F)nn3c21.